The molecule has 0 aliphatic carbocycles. The smallest absolute Gasteiger partial charge is 0.312 e. The van der Waals surface area contributed by atoms with Crippen LogP contribution in [0.4, 0.5) is 19.0 Å². The average Bonchev–Trinajstić information content (AvgIpc) is 2.89. The predicted octanol–water partition coefficient (Wildman–Crippen LogP) is 6.23. The summed E-state index contributed by atoms with van der Waals surface area (Å²) in [6, 6.07) is 8.33. The first-order chi connectivity index (χ1) is 14.8. The van der Waals surface area contributed by atoms with Crippen LogP contribution >= 0.6 is 0 Å². The highest BCUT2D eigenvalue weighted by Gasteiger charge is 2.33. The molecule has 0 spiro atoms. The molecule has 4 nitrogen and oxygen atoms in total. The first kappa shape index (κ1) is 23.3. The monoisotopic (exact) mass is 442 g/mol. The molecular formula is C25H25F3N2O2. The minimum Gasteiger partial charge on any atom is -0.312 e. The van der Waals surface area contributed by atoms with Gasteiger partial charge >= 0.3 is 6.18 Å². The van der Waals surface area contributed by atoms with Crippen molar-refractivity contribution in [2.45, 2.75) is 47.7 Å². The fourth-order valence-electron chi connectivity index (χ4n) is 3.87. The Bertz CT molecular complexity index is 1240. The summed E-state index contributed by atoms with van der Waals surface area (Å²) in [5.74, 6) is -0.399. The van der Waals surface area contributed by atoms with E-state index in [1.54, 1.807) is 30.5 Å². The zero-order valence-corrected chi connectivity index (χ0v) is 18.9. The molecule has 1 amide bonds. The third kappa shape index (κ3) is 4.20. The van der Waals surface area contributed by atoms with Gasteiger partial charge in [0.05, 0.1) is 11.3 Å². The second kappa shape index (κ2) is 8.30. The van der Waals surface area contributed by atoms with Crippen LogP contribution in [0, 0.1) is 34.6 Å². The van der Waals surface area contributed by atoms with Gasteiger partial charge in [-0.2, -0.15) is 13.2 Å². The molecule has 1 N–H and O–H groups in total. The van der Waals surface area contributed by atoms with Crippen LogP contribution in [0.25, 0.3) is 5.69 Å². The van der Waals surface area contributed by atoms with E-state index >= 15 is 0 Å². The van der Waals surface area contributed by atoms with Crippen LogP contribution in [0.3, 0.4) is 0 Å². The third-order valence-electron chi connectivity index (χ3n) is 5.75. The maximum Gasteiger partial charge on any atom is 0.416 e. The van der Waals surface area contributed by atoms with Crippen LogP contribution in [0.2, 0.25) is 0 Å². The van der Waals surface area contributed by atoms with E-state index in [0.717, 1.165) is 34.5 Å². The fraction of sp³-hybridized carbons (Fsp3) is 0.280. The van der Waals surface area contributed by atoms with E-state index in [2.05, 4.69) is 5.32 Å². The molecule has 0 fully saturated rings. The molecule has 0 saturated carbocycles. The van der Waals surface area contributed by atoms with E-state index in [-0.39, 0.29) is 17.2 Å². The lowest BCUT2D eigenvalue weighted by atomic mass is 9.95. The summed E-state index contributed by atoms with van der Waals surface area (Å²) < 4.78 is 42.2. The molecule has 0 unspecified atom stereocenters. The number of alkyl halides is 3. The number of carbonyl (C=O) groups excluding carboxylic acids is 2. The topological polar surface area (TPSA) is 51.1 Å². The highest BCUT2D eigenvalue weighted by molar-refractivity contribution is 6.12. The maximum absolute atomic E-state index is 13.5. The number of anilines is 1. The van der Waals surface area contributed by atoms with Gasteiger partial charge in [-0.25, -0.2) is 0 Å². The molecule has 0 radical (unpaired) electrons. The van der Waals surface area contributed by atoms with Gasteiger partial charge in [0, 0.05) is 23.7 Å². The number of ketones is 1. The Morgan fingerprint density at radius 1 is 0.875 bits per heavy atom. The van der Waals surface area contributed by atoms with Crippen molar-refractivity contribution in [1.82, 2.24) is 4.57 Å². The Kier molecular flexibility index (Phi) is 6.05. The molecule has 168 valence electrons. The van der Waals surface area contributed by atoms with Crippen LogP contribution in [0.15, 0.2) is 36.4 Å². The van der Waals surface area contributed by atoms with Gasteiger partial charge in [-0.3, -0.25) is 14.2 Å². The number of aromatic nitrogens is 1. The lowest BCUT2D eigenvalue weighted by Crippen LogP contribution is -2.16. The minimum absolute atomic E-state index is 0.0866. The molecule has 0 bridgehead atoms. The van der Waals surface area contributed by atoms with Gasteiger partial charge in [-0.1, -0.05) is 23.8 Å². The number of halogens is 3. The van der Waals surface area contributed by atoms with E-state index in [1.807, 2.05) is 26.8 Å². The van der Waals surface area contributed by atoms with E-state index < -0.39 is 17.5 Å². The van der Waals surface area contributed by atoms with Crippen molar-refractivity contribution < 1.29 is 22.8 Å². The van der Waals surface area contributed by atoms with E-state index in [0.29, 0.717) is 16.9 Å². The summed E-state index contributed by atoms with van der Waals surface area (Å²) in [6.45, 7) is 10.5. The van der Waals surface area contributed by atoms with Gasteiger partial charge in [0.2, 0.25) is 5.91 Å². The summed E-state index contributed by atoms with van der Waals surface area (Å²) in [6.07, 6.45) is -4.60. The lowest BCUT2D eigenvalue weighted by molar-refractivity contribution is -0.137. The van der Waals surface area contributed by atoms with Crippen molar-refractivity contribution >= 4 is 17.5 Å². The molecule has 0 saturated heterocycles. The number of hydrogen-bond donors (Lipinski definition) is 1. The summed E-state index contributed by atoms with van der Waals surface area (Å²) in [5, 5.41) is 2.76. The predicted molar refractivity (Wildman–Crippen MR) is 119 cm³/mol. The Balaban J connectivity index is 2.35. The Morgan fingerprint density at radius 3 is 2.09 bits per heavy atom. The number of rotatable bonds is 4. The van der Waals surface area contributed by atoms with Gasteiger partial charge in [0.1, 0.15) is 5.82 Å². The first-order valence-corrected chi connectivity index (χ1v) is 10.1. The molecule has 1 heterocycles. The third-order valence-corrected chi connectivity index (χ3v) is 5.75. The SMILES string of the molecule is CC(=O)Nc1c(C)c(C)c(C)n1-c1ccc(C(F)(F)F)cc1C(=O)c1ccc(C)cc1C. The van der Waals surface area contributed by atoms with E-state index in [9.17, 15) is 22.8 Å². The van der Waals surface area contributed by atoms with Gasteiger partial charge in [-0.05, 0) is 69.5 Å². The van der Waals surface area contributed by atoms with Crippen LogP contribution in [-0.2, 0) is 11.0 Å². The van der Waals surface area contributed by atoms with Crippen molar-refractivity contribution in [3.8, 4) is 5.69 Å². The molecule has 0 aliphatic heterocycles. The summed E-state index contributed by atoms with van der Waals surface area (Å²) in [7, 11) is 0. The second-order valence-electron chi connectivity index (χ2n) is 8.08. The Labute approximate surface area is 185 Å². The molecule has 3 rings (SSSR count). The fourth-order valence-corrected chi connectivity index (χ4v) is 3.87. The van der Waals surface area contributed by atoms with Gasteiger partial charge in [-0.15, -0.1) is 0 Å². The van der Waals surface area contributed by atoms with Gasteiger partial charge < -0.3 is 5.32 Å². The summed E-state index contributed by atoms with van der Waals surface area (Å²) in [4.78, 5) is 25.4. The molecule has 0 aliphatic rings. The van der Waals surface area contributed by atoms with E-state index in [4.69, 9.17) is 0 Å². The van der Waals surface area contributed by atoms with Crippen molar-refractivity contribution in [3.63, 3.8) is 0 Å². The number of hydrogen-bond acceptors (Lipinski definition) is 2. The van der Waals surface area contributed by atoms with Crippen LogP contribution < -0.4 is 5.32 Å². The standard InChI is InChI=1S/C25H25F3N2O2/c1-13-7-9-20(14(2)11-13)23(32)21-12-19(25(26,27)28)8-10-22(21)30-17(5)15(3)16(4)24(30)29-18(6)31/h7-12H,1-6H3,(H,29,31). The Hall–Kier alpha value is -3.35. The molecule has 7 heteroatoms. The van der Waals surface area contributed by atoms with Crippen LogP contribution in [-0.4, -0.2) is 16.3 Å². The zero-order chi connectivity index (χ0) is 24.0. The maximum atomic E-state index is 13.5. The normalized spacial score (nSPS) is 11.5. The summed E-state index contributed by atoms with van der Waals surface area (Å²) >= 11 is 0. The average molecular weight is 442 g/mol. The highest BCUT2D eigenvalue weighted by Crippen LogP contribution is 2.36. The zero-order valence-electron chi connectivity index (χ0n) is 18.9. The van der Waals surface area contributed by atoms with Crippen molar-refractivity contribution in [3.05, 3.63) is 81.0 Å². The number of carbonyl (C=O) groups is 2. The van der Waals surface area contributed by atoms with Crippen molar-refractivity contribution in [2.24, 2.45) is 0 Å². The van der Waals surface area contributed by atoms with Gasteiger partial charge in [0.15, 0.2) is 5.78 Å². The second-order valence-corrected chi connectivity index (χ2v) is 8.08. The number of nitrogens with one attached hydrogen (secondary N) is 1. The number of nitrogens with zero attached hydrogens (tertiary/aromatic N) is 1. The minimum atomic E-state index is -4.60. The first-order valence-electron chi connectivity index (χ1n) is 10.1. The molecule has 32 heavy (non-hydrogen) atoms. The number of amides is 1. The van der Waals surface area contributed by atoms with Crippen LogP contribution in [0.5, 0.6) is 0 Å². The van der Waals surface area contributed by atoms with Gasteiger partial charge in [0.25, 0.3) is 0 Å². The molecule has 0 atom stereocenters. The quantitative estimate of drug-likeness (QED) is 0.487. The highest BCUT2D eigenvalue weighted by atomic mass is 19.4. The lowest BCUT2D eigenvalue weighted by Gasteiger charge is -2.19. The largest absolute Gasteiger partial charge is 0.416 e. The molecule has 3 aromatic rings. The van der Waals surface area contributed by atoms with Crippen molar-refractivity contribution in [1.29, 1.82) is 0 Å². The Morgan fingerprint density at radius 2 is 1.53 bits per heavy atom. The number of aryl methyl sites for hydroxylation is 2. The molecule has 1 aromatic heterocycles. The summed E-state index contributed by atoms with van der Waals surface area (Å²) in [5.41, 5.74) is 3.61. The van der Waals surface area contributed by atoms with E-state index in [1.165, 1.54) is 13.0 Å². The molecular weight excluding hydrogens is 417 g/mol. The number of benzene rings is 2. The van der Waals surface area contributed by atoms with Crippen LogP contribution in [0.1, 0.15) is 56.4 Å². The van der Waals surface area contributed by atoms with Crippen molar-refractivity contribution in [2.75, 3.05) is 5.32 Å². The molecule has 2 aromatic carbocycles.